The van der Waals surface area contributed by atoms with Crippen LogP contribution in [0.5, 0.6) is 5.75 Å². The largest absolute Gasteiger partial charge is 0.490 e. The van der Waals surface area contributed by atoms with E-state index >= 15 is 0 Å². The fourth-order valence-corrected chi connectivity index (χ4v) is 1.89. The van der Waals surface area contributed by atoms with Crippen LogP contribution in [0, 0.1) is 15.9 Å². The lowest BCUT2D eigenvalue weighted by Crippen LogP contribution is -2.08. The summed E-state index contributed by atoms with van der Waals surface area (Å²) < 4.78 is 17.8. The Morgan fingerprint density at radius 1 is 1.38 bits per heavy atom. The SMILES string of the molecule is COc1ccc(NC(C)c2ccc(F)cn2)cc1[N+](=O)[O-]. The van der Waals surface area contributed by atoms with Crippen LogP contribution in [0.2, 0.25) is 0 Å². The first kappa shape index (κ1) is 14.7. The lowest BCUT2D eigenvalue weighted by Gasteiger charge is -2.15. The molecule has 7 heteroatoms. The number of ether oxygens (including phenoxy) is 1. The van der Waals surface area contributed by atoms with Crippen LogP contribution in [0.4, 0.5) is 15.8 Å². The van der Waals surface area contributed by atoms with Gasteiger partial charge in [0.25, 0.3) is 0 Å². The number of nitro benzene ring substituents is 1. The van der Waals surface area contributed by atoms with E-state index in [9.17, 15) is 14.5 Å². The van der Waals surface area contributed by atoms with Crippen molar-refractivity contribution in [1.82, 2.24) is 4.98 Å². The van der Waals surface area contributed by atoms with Crippen molar-refractivity contribution < 1.29 is 14.1 Å². The molecule has 1 N–H and O–H groups in total. The highest BCUT2D eigenvalue weighted by Crippen LogP contribution is 2.31. The highest BCUT2D eigenvalue weighted by molar-refractivity contribution is 5.59. The van der Waals surface area contributed by atoms with Crippen LogP contribution in [-0.4, -0.2) is 17.0 Å². The van der Waals surface area contributed by atoms with Crippen molar-refractivity contribution in [3.8, 4) is 5.75 Å². The van der Waals surface area contributed by atoms with Gasteiger partial charge in [0, 0.05) is 11.8 Å². The molecule has 6 nitrogen and oxygen atoms in total. The molecular formula is C14H14FN3O3. The third-order valence-electron chi connectivity index (χ3n) is 2.95. The Hall–Kier alpha value is -2.70. The van der Waals surface area contributed by atoms with E-state index < -0.39 is 10.7 Å². The average Bonchev–Trinajstić information content (AvgIpc) is 2.47. The first-order chi connectivity index (χ1) is 10.0. The van der Waals surface area contributed by atoms with Crippen LogP contribution in [0.15, 0.2) is 36.5 Å². The summed E-state index contributed by atoms with van der Waals surface area (Å²) in [4.78, 5) is 14.4. The van der Waals surface area contributed by atoms with Crippen molar-refractivity contribution in [2.45, 2.75) is 13.0 Å². The van der Waals surface area contributed by atoms with Gasteiger partial charge in [0.1, 0.15) is 5.82 Å². The number of rotatable bonds is 5. The first-order valence-electron chi connectivity index (χ1n) is 6.21. The predicted molar refractivity (Wildman–Crippen MR) is 75.9 cm³/mol. The van der Waals surface area contributed by atoms with Gasteiger partial charge in [-0.2, -0.15) is 0 Å². The number of hydrogen-bond acceptors (Lipinski definition) is 5. The number of pyridine rings is 1. The number of anilines is 1. The molecule has 0 radical (unpaired) electrons. The first-order valence-corrected chi connectivity index (χ1v) is 6.21. The maximum absolute atomic E-state index is 12.8. The quantitative estimate of drug-likeness (QED) is 0.675. The molecule has 1 atom stereocenters. The van der Waals surface area contributed by atoms with Gasteiger partial charge in [0.2, 0.25) is 0 Å². The van der Waals surface area contributed by atoms with Crippen molar-refractivity contribution in [3.63, 3.8) is 0 Å². The van der Waals surface area contributed by atoms with Crippen LogP contribution in [0.1, 0.15) is 18.7 Å². The summed E-state index contributed by atoms with van der Waals surface area (Å²) >= 11 is 0. The van der Waals surface area contributed by atoms with Gasteiger partial charge < -0.3 is 10.1 Å². The lowest BCUT2D eigenvalue weighted by atomic mass is 10.2. The molecule has 0 aliphatic heterocycles. The van der Waals surface area contributed by atoms with E-state index in [1.54, 1.807) is 12.1 Å². The van der Waals surface area contributed by atoms with Gasteiger partial charge in [-0.15, -0.1) is 0 Å². The molecule has 0 saturated heterocycles. The van der Waals surface area contributed by atoms with E-state index in [0.29, 0.717) is 11.4 Å². The zero-order valence-electron chi connectivity index (χ0n) is 11.5. The average molecular weight is 291 g/mol. The molecule has 0 aliphatic carbocycles. The number of nitrogens with zero attached hydrogens (tertiary/aromatic N) is 2. The predicted octanol–water partition coefficient (Wildman–Crippen LogP) is 3.31. The standard InChI is InChI=1S/C14H14FN3O3/c1-9(12-5-3-10(15)8-16-12)17-11-4-6-14(21-2)13(7-11)18(19)20/h3-9,17H,1-2H3. The Kier molecular flexibility index (Phi) is 4.32. The van der Waals surface area contributed by atoms with Crippen LogP contribution in [0.25, 0.3) is 0 Å². The number of methoxy groups -OCH3 is 1. The second-order valence-corrected chi connectivity index (χ2v) is 4.41. The smallest absolute Gasteiger partial charge is 0.312 e. The van der Waals surface area contributed by atoms with Crippen LogP contribution in [0.3, 0.4) is 0 Å². The summed E-state index contributed by atoms with van der Waals surface area (Å²) in [6.07, 6.45) is 1.13. The summed E-state index contributed by atoms with van der Waals surface area (Å²) in [7, 11) is 1.38. The molecule has 2 aromatic rings. The topological polar surface area (TPSA) is 77.3 Å². The van der Waals surface area contributed by atoms with Gasteiger partial charge in [-0.1, -0.05) is 0 Å². The molecule has 2 rings (SSSR count). The van der Waals surface area contributed by atoms with Crippen LogP contribution < -0.4 is 10.1 Å². The molecule has 0 aliphatic rings. The van der Waals surface area contributed by atoms with Crippen LogP contribution >= 0.6 is 0 Å². The number of nitrogens with one attached hydrogen (secondary N) is 1. The third kappa shape index (κ3) is 3.44. The summed E-state index contributed by atoms with van der Waals surface area (Å²) in [5.74, 6) is -0.218. The molecule has 0 amide bonds. The van der Waals surface area contributed by atoms with E-state index in [4.69, 9.17) is 4.74 Å². The second-order valence-electron chi connectivity index (χ2n) is 4.41. The molecule has 0 spiro atoms. The van der Waals surface area contributed by atoms with E-state index in [1.807, 2.05) is 6.92 Å². The number of hydrogen-bond donors (Lipinski definition) is 1. The maximum Gasteiger partial charge on any atom is 0.312 e. The van der Waals surface area contributed by atoms with Gasteiger partial charge in [-0.3, -0.25) is 15.1 Å². The van der Waals surface area contributed by atoms with Crippen molar-refractivity contribution >= 4 is 11.4 Å². The zero-order chi connectivity index (χ0) is 15.4. The number of aromatic nitrogens is 1. The van der Waals surface area contributed by atoms with E-state index in [1.165, 1.54) is 25.3 Å². The van der Waals surface area contributed by atoms with Crippen molar-refractivity contribution in [1.29, 1.82) is 0 Å². The highest BCUT2D eigenvalue weighted by Gasteiger charge is 2.16. The fraction of sp³-hybridized carbons (Fsp3) is 0.214. The van der Waals surface area contributed by atoms with Crippen molar-refractivity contribution in [2.75, 3.05) is 12.4 Å². The fourth-order valence-electron chi connectivity index (χ4n) is 1.89. The Morgan fingerprint density at radius 3 is 2.71 bits per heavy atom. The number of nitro groups is 1. The molecule has 1 heterocycles. The van der Waals surface area contributed by atoms with Crippen molar-refractivity contribution in [3.05, 3.63) is 58.2 Å². The Balaban J connectivity index is 2.21. The third-order valence-corrected chi connectivity index (χ3v) is 2.95. The Bertz CT molecular complexity index is 646. The summed E-state index contributed by atoms with van der Waals surface area (Å²) in [5, 5.41) is 14.0. The normalized spacial score (nSPS) is 11.8. The minimum Gasteiger partial charge on any atom is -0.490 e. The van der Waals surface area contributed by atoms with Gasteiger partial charge in [0.15, 0.2) is 5.75 Å². The van der Waals surface area contributed by atoms with Crippen molar-refractivity contribution in [2.24, 2.45) is 0 Å². The molecule has 0 saturated carbocycles. The number of halogens is 1. The molecule has 1 aromatic carbocycles. The summed E-state index contributed by atoms with van der Waals surface area (Å²) in [5.41, 5.74) is 1.07. The van der Waals surface area contributed by atoms with Gasteiger partial charge >= 0.3 is 5.69 Å². The molecule has 0 bridgehead atoms. The molecular weight excluding hydrogens is 277 g/mol. The molecule has 110 valence electrons. The lowest BCUT2D eigenvalue weighted by molar-refractivity contribution is -0.385. The maximum atomic E-state index is 12.8. The van der Waals surface area contributed by atoms with E-state index in [2.05, 4.69) is 10.3 Å². The Labute approximate surface area is 120 Å². The zero-order valence-corrected chi connectivity index (χ0v) is 11.5. The molecule has 1 unspecified atom stereocenters. The highest BCUT2D eigenvalue weighted by atomic mass is 19.1. The second kappa shape index (κ2) is 6.17. The van der Waals surface area contributed by atoms with Gasteiger partial charge in [-0.25, -0.2) is 4.39 Å². The molecule has 0 fully saturated rings. The minimum absolute atomic E-state index is 0.123. The van der Waals surface area contributed by atoms with E-state index in [0.717, 1.165) is 6.20 Å². The molecule has 21 heavy (non-hydrogen) atoms. The van der Waals surface area contributed by atoms with Crippen LogP contribution in [-0.2, 0) is 0 Å². The number of benzene rings is 1. The Morgan fingerprint density at radius 2 is 2.14 bits per heavy atom. The minimum atomic E-state index is -0.509. The molecule has 1 aromatic heterocycles. The van der Waals surface area contributed by atoms with Gasteiger partial charge in [-0.05, 0) is 31.2 Å². The summed E-state index contributed by atoms with van der Waals surface area (Å²) in [6.45, 7) is 1.83. The summed E-state index contributed by atoms with van der Waals surface area (Å²) in [6, 6.07) is 7.23. The van der Waals surface area contributed by atoms with E-state index in [-0.39, 0.29) is 17.5 Å². The van der Waals surface area contributed by atoms with Gasteiger partial charge in [0.05, 0.1) is 30.0 Å². The monoisotopic (exact) mass is 291 g/mol.